The largest absolute Gasteiger partial charge is 0.416 e. The second-order valence-electron chi connectivity index (χ2n) is 5.23. The summed E-state index contributed by atoms with van der Waals surface area (Å²) < 4.78 is 61.4. The zero-order chi connectivity index (χ0) is 15.7. The smallest absolute Gasteiger partial charge is 0.298 e. The van der Waals surface area contributed by atoms with E-state index in [9.17, 15) is 26.4 Å². The number of carbonyl (C=O) groups excluding carboxylic acids is 1. The van der Waals surface area contributed by atoms with Gasteiger partial charge in [0.05, 0.1) is 10.5 Å². The van der Waals surface area contributed by atoms with E-state index in [2.05, 4.69) is 0 Å². The molecule has 0 aliphatic heterocycles. The SMILES string of the molecule is O=C(CS(=O)(=O)c1ccc(C(F)(F)F)cc1)C1CCCC1. The van der Waals surface area contributed by atoms with Gasteiger partial charge in [-0.1, -0.05) is 12.8 Å². The maximum Gasteiger partial charge on any atom is 0.416 e. The molecule has 7 heteroatoms. The highest BCUT2D eigenvalue weighted by atomic mass is 32.2. The highest BCUT2D eigenvalue weighted by molar-refractivity contribution is 7.92. The van der Waals surface area contributed by atoms with Crippen molar-refractivity contribution in [2.45, 2.75) is 36.8 Å². The Morgan fingerprint density at radius 3 is 2.10 bits per heavy atom. The highest BCUT2D eigenvalue weighted by Crippen LogP contribution is 2.30. The lowest BCUT2D eigenvalue weighted by Crippen LogP contribution is -2.22. The number of Topliss-reactive ketones (excluding diaryl/α,β-unsaturated/α-hetero) is 1. The molecule has 21 heavy (non-hydrogen) atoms. The van der Waals surface area contributed by atoms with E-state index in [4.69, 9.17) is 0 Å². The van der Waals surface area contributed by atoms with Crippen molar-refractivity contribution in [3.05, 3.63) is 29.8 Å². The van der Waals surface area contributed by atoms with E-state index in [1.165, 1.54) is 0 Å². The minimum Gasteiger partial charge on any atom is -0.298 e. The van der Waals surface area contributed by atoms with Crippen LogP contribution >= 0.6 is 0 Å². The molecule has 0 spiro atoms. The number of hydrogen-bond donors (Lipinski definition) is 0. The second kappa shape index (κ2) is 5.79. The third-order valence-electron chi connectivity index (χ3n) is 3.68. The van der Waals surface area contributed by atoms with Gasteiger partial charge in [-0.2, -0.15) is 13.2 Å². The summed E-state index contributed by atoms with van der Waals surface area (Å²) in [5.41, 5.74) is -0.913. The molecule has 0 bridgehead atoms. The Bertz CT molecular complexity index is 612. The topological polar surface area (TPSA) is 51.2 Å². The standard InChI is InChI=1S/C14H15F3O3S/c15-14(16,17)11-5-7-12(8-6-11)21(19,20)9-13(18)10-3-1-2-4-10/h5-8,10H,1-4,9H2. The molecule has 0 saturated heterocycles. The zero-order valence-electron chi connectivity index (χ0n) is 11.2. The molecule has 1 aliphatic rings. The molecule has 0 radical (unpaired) electrons. The predicted molar refractivity (Wildman–Crippen MR) is 70.5 cm³/mol. The highest BCUT2D eigenvalue weighted by Gasteiger charge is 2.31. The Hall–Kier alpha value is -1.37. The third kappa shape index (κ3) is 3.84. The van der Waals surface area contributed by atoms with Crippen LogP contribution in [0, 0.1) is 5.92 Å². The fourth-order valence-corrected chi connectivity index (χ4v) is 3.82. The first-order valence-corrected chi connectivity index (χ1v) is 8.28. The van der Waals surface area contributed by atoms with E-state index in [1.54, 1.807) is 0 Å². The third-order valence-corrected chi connectivity index (χ3v) is 5.34. The van der Waals surface area contributed by atoms with Gasteiger partial charge < -0.3 is 0 Å². The summed E-state index contributed by atoms with van der Waals surface area (Å²) in [5.74, 6) is -1.20. The van der Waals surface area contributed by atoms with E-state index in [0.29, 0.717) is 25.0 Å². The van der Waals surface area contributed by atoms with Crippen LogP contribution in [0.15, 0.2) is 29.2 Å². The summed E-state index contributed by atoms with van der Waals surface area (Å²) >= 11 is 0. The fraction of sp³-hybridized carbons (Fsp3) is 0.500. The Morgan fingerprint density at radius 2 is 1.62 bits per heavy atom. The lowest BCUT2D eigenvalue weighted by Gasteiger charge is -2.10. The van der Waals surface area contributed by atoms with Crippen molar-refractivity contribution in [3.8, 4) is 0 Å². The van der Waals surface area contributed by atoms with E-state index >= 15 is 0 Å². The first-order valence-electron chi connectivity index (χ1n) is 6.63. The normalized spacial score (nSPS) is 17.1. The number of carbonyl (C=O) groups is 1. The minimum absolute atomic E-state index is 0.228. The molecule has 1 aliphatic carbocycles. The van der Waals surface area contributed by atoms with Gasteiger partial charge in [-0.05, 0) is 37.1 Å². The summed E-state index contributed by atoms with van der Waals surface area (Å²) in [6.07, 6.45) is -1.29. The van der Waals surface area contributed by atoms with Crippen LogP contribution in [-0.2, 0) is 20.8 Å². The Labute approximate surface area is 121 Å². The predicted octanol–water partition coefficient (Wildman–Crippen LogP) is 3.24. The summed E-state index contributed by atoms with van der Waals surface area (Å²) in [4.78, 5) is 11.7. The van der Waals surface area contributed by atoms with Gasteiger partial charge in [-0.3, -0.25) is 4.79 Å². The molecular weight excluding hydrogens is 305 g/mol. The van der Waals surface area contributed by atoms with Crippen molar-refractivity contribution in [3.63, 3.8) is 0 Å². The molecule has 3 nitrogen and oxygen atoms in total. The molecule has 0 atom stereocenters. The zero-order valence-corrected chi connectivity index (χ0v) is 12.0. The van der Waals surface area contributed by atoms with Gasteiger partial charge in [-0.15, -0.1) is 0 Å². The Kier molecular flexibility index (Phi) is 4.41. The molecule has 1 aromatic rings. The molecule has 1 aromatic carbocycles. The molecule has 116 valence electrons. The summed E-state index contributed by atoms with van der Waals surface area (Å²) in [6, 6.07) is 3.24. The quantitative estimate of drug-likeness (QED) is 0.856. The van der Waals surface area contributed by atoms with Crippen molar-refractivity contribution >= 4 is 15.6 Å². The van der Waals surface area contributed by atoms with E-state index in [1.807, 2.05) is 0 Å². The van der Waals surface area contributed by atoms with Crippen molar-refractivity contribution in [2.24, 2.45) is 5.92 Å². The fourth-order valence-electron chi connectivity index (χ4n) is 2.49. The molecule has 0 N–H and O–H groups in total. The van der Waals surface area contributed by atoms with Crippen molar-refractivity contribution < 1.29 is 26.4 Å². The second-order valence-corrected chi connectivity index (χ2v) is 7.22. The average molecular weight is 320 g/mol. The van der Waals surface area contributed by atoms with Gasteiger partial charge >= 0.3 is 6.18 Å². The lowest BCUT2D eigenvalue weighted by molar-refractivity contribution is -0.137. The maximum atomic E-state index is 12.4. The van der Waals surface area contributed by atoms with Gasteiger partial charge in [0, 0.05) is 5.92 Å². The summed E-state index contributed by atoms with van der Waals surface area (Å²) in [5, 5.41) is 0. The van der Waals surface area contributed by atoms with Crippen LogP contribution in [0.1, 0.15) is 31.2 Å². The van der Waals surface area contributed by atoms with Crippen LogP contribution in [0.2, 0.25) is 0 Å². The van der Waals surface area contributed by atoms with Crippen LogP contribution < -0.4 is 0 Å². The monoisotopic (exact) mass is 320 g/mol. The first kappa shape index (κ1) is 16.0. The number of hydrogen-bond acceptors (Lipinski definition) is 3. The van der Waals surface area contributed by atoms with Crippen LogP contribution in [0.5, 0.6) is 0 Å². The van der Waals surface area contributed by atoms with Crippen molar-refractivity contribution in [2.75, 3.05) is 5.75 Å². The molecule has 0 amide bonds. The van der Waals surface area contributed by atoms with Crippen LogP contribution in [0.25, 0.3) is 0 Å². The molecule has 1 fully saturated rings. The number of halogens is 3. The summed E-state index contributed by atoms with van der Waals surface area (Å²) in [7, 11) is -3.88. The van der Waals surface area contributed by atoms with Gasteiger partial charge in [0.2, 0.25) is 0 Å². The van der Waals surface area contributed by atoms with Gasteiger partial charge in [-0.25, -0.2) is 8.42 Å². The Morgan fingerprint density at radius 1 is 1.10 bits per heavy atom. The van der Waals surface area contributed by atoms with Crippen LogP contribution in [0.3, 0.4) is 0 Å². The van der Waals surface area contributed by atoms with Crippen LogP contribution in [-0.4, -0.2) is 20.0 Å². The van der Waals surface area contributed by atoms with Crippen LogP contribution in [0.4, 0.5) is 13.2 Å². The lowest BCUT2D eigenvalue weighted by atomic mass is 10.0. The van der Waals surface area contributed by atoms with E-state index in [0.717, 1.165) is 25.0 Å². The average Bonchev–Trinajstić information content (AvgIpc) is 2.91. The Balaban J connectivity index is 2.14. The van der Waals surface area contributed by atoms with Gasteiger partial charge in [0.1, 0.15) is 5.75 Å². The van der Waals surface area contributed by atoms with E-state index in [-0.39, 0.29) is 16.6 Å². The number of sulfone groups is 1. The molecule has 2 rings (SSSR count). The van der Waals surface area contributed by atoms with Gasteiger partial charge in [0.25, 0.3) is 0 Å². The van der Waals surface area contributed by atoms with Crippen molar-refractivity contribution in [1.82, 2.24) is 0 Å². The number of benzene rings is 1. The molecule has 0 aromatic heterocycles. The maximum absolute atomic E-state index is 12.4. The number of alkyl halides is 3. The van der Waals surface area contributed by atoms with E-state index < -0.39 is 27.3 Å². The minimum atomic E-state index is -4.51. The van der Waals surface area contributed by atoms with Crippen molar-refractivity contribution in [1.29, 1.82) is 0 Å². The molecular formula is C14H15F3O3S. The number of ketones is 1. The molecule has 1 saturated carbocycles. The molecule has 0 unspecified atom stereocenters. The summed E-state index contributed by atoms with van der Waals surface area (Å²) in [6.45, 7) is 0. The number of rotatable bonds is 4. The molecule has 0 heterocycles. The van der Waals surface area contributed by atoms with Gasteiger partial charge in [0.15, 0.2) is 15.6 Å². The first-order chi connectivity index (χ1) is 9.70.